The van der Waals surface area contributed by atoms with Crippen molar-refractivity contribution in [1.82, 2.24) is 15.3 Å². The number of ether oxygens (including phenoxy) is 1. The monoisotopic (exact) mass is 340 g/mol. The van der Waals surface area contributed by atoms with Gasteiger partial charge in [0.25, 0.3) is 0 Å². The minimum absolute atomic E-state index is 0.634. The molecule has 0 radical (unpaired) electrons. The van der Waals surface area contributed by atoms with Crippen LogP contribution in [0.25, 0.3) is 0 Å². The summed E-state index contributed by atoms with van der Waals surface area (Å²) in [5, 5.41) is 6.66. The van der Waals surface area contributed by atoms with E-state index in [2.05, 4.69) is 54.7 Å². The molecule has 0 aliphatic carbocycles. The zero-order valence-electron chi connectivity index (χ0n) is 14.3. The highest BCUT2D eigenvalue weighted by molar-refractivity contribution is 5.60. The second-order valence-corrected chi connectivity index (χ2v) is 6.25. The Kier molecular flexibility index (Phi) is 4.94. The number of hydrogen-bond acceptors (Lipinski definition) is 7. The Hall–Kier alpha value is -2.38. The van der Waals surface area contributed by atoms with Gasteiger partial charge in [-0.2, -0.15) is 4.98 Å². The third-order valence-electron chi connectivity index (χ3n) is 4.58. The topological polar surface area (TPSA) is 65.5 Å². The van der Waals surface area contributed by atoms with Crippen LogP contribution in [0.3, 0.4) is 0 Å². The van der Waals surface area contributed by atoms with E-state index < -0.39 is 0 Å². The average molecular weight is 340 g/mol. The number of rotatable bonds is 4. The van der Waals surface area contributed by atoms with Gasteiger partial charge >= 0.3 is 0 Å². The van der Waals surface area contributed by atoms with Crippen molar-refractivity contribution in [1.29, 1.82) is 0 Å². The van der Waals surface area contributed by atoms with Crippen LogP contribution in [0.5, 0.6) is 0 Å². The van der Waals surface area contributed by atoms with E-state index in [0.29, 0.717) is 5.95 Å². The smallest absolute Gasteiger partial charge is 0.229 e. The maximum Gasteiger partial charge on any atom is 0.229 e. The molecule has 0 atom stereocenters. The Bertz CT molecular complexity index is 680. The lowest BCUT2D eigenvalue weighted by Crippen LogP contribution is -2.43. The number of benzene rings is 1. The van der Waals surface area contributed by atoms with Crippen LogP contribution in [0, 0.1) is 0 Å². The fraction of sp³-hybridized carbons (Fsp3) is 0.444. The largest absolute Gasteiger partial charge is 0.378 e. The maximum absolute atomic E-state index is 5.41. The van der Waals surface area contributed by atoms with Crippen molar-refractivity contribution < 1.29 is 4.74 Å². The van der Waals surface area contributed by atoms with E-state index in [4.69, 9.17) is 4.74 Å². The molecule has 25 heavy (non-hydrogen) atoms. The van der Waals surface area contributed by atoms with E-state index >= 15 is 0 Å². The van der Waals surface area contributed by atoms with Gasteiger partial charge in [0.15, 0.2) is 0 Å². The van der Waals surface area contributed by atoms with Gasteiger partial charge in [-0.15, -0.1) is 0 Å². The van der Waals surface area contributed by atoms with Crippen molar-refractivity contribution >= 4 is 23.1 Å². The summed E-state index contributed by atoms with van der Waals surface area (Å²) in [5.41, 5.74) is 2.22. The van der Waals surface area contributed by atoms with Crippen LogP contribution in [0.4, 0.5) is 23.1 Å². The van der Waals surface area contributed by atoms with Gasteiger partial charge in [-0.05, 0) is 30.3 Å². The van der Waals surface area contributed by atoms with Crippen molar-refractivity contribution in [3.05, 3.63) is 36.5 Å². The first kappa shape index (κ1) is 16.1. The van der Waals surface area contributed by atoms with Crippen molar-refractivity contribution in [3.63, 3.8) is 0 Å². The number of anilines is 4. The Balaban J connectivity index is 1.43. The summed E-state index contributed by atoms with van der Waals surface area (Å²) in [6, 6.07) is 10.4. The summed E-state index contributed by atoms with van der Waals surface area (Å²) in [5.74, 6) is 1.61. The van der Waals surface area contributed by atoms with E-state index in [0.717, 1.165) is 64.0 Å². The third kappa shape index (κ3) is 4.00. The first-order chi connectivity index (χ1) is 12.4. The molecule has 2 fully saturated rings. The molecule has 2 aromatic rings. The molecule has 7 nitrogen and oxygen atoms in total. The van der Waals surface area contributed by atoms with Crippen LogP contribution in [0.15, 0.2) is 36.5 Å². The summed E-state index contributed by atoms with van der Waals surface area (Å²) < 4.78 is 5.41. The van der Waals surface area contributed by atoms with Crippen molar-refractivity contribution in [2.75, 3.05) is 67.6 Å². The molecule has 0 bridgehead atoms. The van der Waals surface area contributed by atoms with Crippen molar-refractivity contribution in [3.8, 4) is 0 Å². The van der Waals surface area contributed by atoms with Crippen molar-refractivity contribution in [2.24, 2.45) is 0 Å². The molecule has 0 unspecified atom stereocenters. The zero-order valence-corrected chi connectivity index (χ0v) is 14.3. The first-order valence-electron chi connectivity index (χ1n) is 8.87. The SMILES string of the molecule is c1cc(N2CCNCC2)nc(Nc2ccc(N3CCOCC3)cc2)n1. The van der Waals surface area contributed by atoms with Crippen LogP contribution in [0.2, 0.25) is 0 Å². The molecule has 0 saturated carbocycles. The molecule has 2 aliphatic rings. The number of hydrogen-bond donors (Lipinski definition) is 2. The van der Waals surface area contributed by atoms with E-state index in [1.54, 1.807) is 0 Å². The predicted molar refractivity (Wildman–Crippen MR) is 99.9 cm³/mol. The molecule has 0 spiro atoms. The highest BCUT2D eigenvalue weighted by Crippen LogP contribution is 2.21. The van der Waals surface area contributed by atoms with Gasteiger partial charge in [0, 0.05) is 56.8 Å². The summed E-state index contributed by atoms with van der Waals surface area (Å²) in [7, 11) is 0. The molecule has 2 saturated heterocycles. The number of morpholine rings is 1. The number of aromatic nitrogens is 2. The van der Waals surface area contributed by atoms with Gasteiger partial charge in [-0.1, -0.05) is 0 Å². The van der Waals surface area contributed by atoms with Crippen LogP contribution in [0.1, 0.15) is 0 Å². The Morgan fingerprint density at radius 3 is 2.44 bits per heavy atom. The lowest BCUT2D eigenvalue weighted by atomic mass is 10.2. The van der Waals surface area contributed by atoms with Crippen molar-refractivity contribution in [2.45, 2.75) is 0 Å². The summed E-state index contributed by atoms with van der Waals surface area (Å²) in [6.45, 7) is 7.44. The molecular weight excluding hydrogens is 316 g/mol. The van der Waals surface area contributed by atoms with Crippen LogP contribution >= 0.6 is 0 Å². The summed E-state index contributed by atoms with van der Waals surface area (Å²) in [4.78, 5) is 13.6. The standard InChI is InChI=1S/C18H24N6O/c1-3-16(23-11-13-25-14-12-23)4-2-15(1)21-18-20-6-5-17(22-18)24-9-7-19-8-10-24/h1-6,19H,7-14H2,(H,20,21,22). The second-order valence-electron chi connectivity index (χ2n) is 6.25. The van der Waals surface area contributed by atoms with E-state index in [-0.39, 0.29) is 0 Å². The fourth-order valence-corrected chi connectivity index (χ4v) is 3.19. The molecule has 0 amide bonds. The van der Waals surface area contributed by atoms with Gasteiger partial charge in [0.2, 0.25) is 5.95 Å². The van der Waals surface area contributed by atoms with Gasteiger partial charge in [-0.3, -0.25) is 0 Å². The molecule has 7 heteroatoms. The minimum Gasteiger partial charge on any atom is -0.378 e. The lowest BCUT2D eigenvalue weighted by Gasteiger charge is -2.29. The Morgan fingerprint density at radius 2 is 1.68 bits per heavy atom. The maximum atomic E-state index is 5.41. The predicted octanol–water partition coefficient (Wildman–Crippen LogP) is 1.47. The minimum atomic E-state index is 0.634. The van der Waals surface area contributed by atoms with Gasteiger partial charge in [0.1, 0.15) is 5.82 Å². The normalized spacial score (nSPS) is 18.2. The number of nitrogens with zero attached hydrogens (tertiary/aromatic N) is 4. The quantitative estimate of drug-likeness (QED) is 0.874. The highest BCUT2D eigenvalue weighted by atomic mass is 16.5. The third-order valence-corrected chi connectivity index (χ3v) is 4.58. The molecule has 132 valence electrons. The molecule has 2 aliphatic heterocycles. The number of nitrogens with one attached hydrogen (secondary N) is 2. The average Bonchev–Trinajstić information content (AvgIpc) is 2.70. The second kappa shape index (κ2) is 7.67. The lowest BCUT2D eigenvalue weighted by molar-refractivity contribution is 0.122. The van der Waals surface area contributed by atoms with Gasteiger partial charge < -0.3 is 25.2 Å². The molecule has 1 aromatic carbocycles. The number of piperazine rings is 1. The van der Waals surface area contributed by atoms with E-state index in [1.807, 2.05) is 12.3 Å². The van der Waals surface area contributed by atoms with Gasteiger partial charge in [-0.25, -0.2) is 4.98 Å². The van der Waals surface area contributed by atoms with Crippen LogP contribution in [-0.4, -0.2) is 62.5 Å². The van der Waals surface area contributed by atoms with Crippen LogP contribution < -0.4 is 20.4 Å². The summed E-state index contributed by atoms with van der Waals surface area (Å²) >= 11 is 0. The van der Waals surface area contributed by atoms with Gasteiger partial charge in [0.05, 0.1) is 13.2 Å². The zero-order chi connectivity index (χ0) is 16.9. The molecule has 2 N–H and O–H groups in total. The van der Waals surface area contributed by atoms with E-state index in [9.17, 15) is 0 Å². The summed E-state index contributed by atoms with van der Waals surface area (Å²) in [6.07, 6.45) is 1.81. The molecule has 4 rings (SSSR count). The highest BCUT2D eigenvalue weighted by Gasteiger charge is 2.13. The van der Waals surface area contributed by atoms with Crippen LogP contribution in [-0.2, 0) is 4.74 Å². The Morgan fingerprint density at radius 1 is 0.920 bits per heavy atom. The molecule has 3 heterocycles. The molecular formula is C18H24N6O. The Labute approximate surface area is 148 Å². The first-order valence-corrected chi connectivity index (χ1v) is 8.87. The molecule has 1 aromatic heterocycles. The van der Waals surface area contributed by atoms with E-state index in [1.165, 1.54) is 5.69 Å². The fourth-order valence-electron chi connectivity index (χ4n) is 3.19.